The summed E-state index contributed by atoms with van der Waals surface area (Å²) in [6, 6.07) is 16.0. The first-order valence-electron chi connectivity index (χ1n) is 12.5. The molecule has 0 amide bonds. The SMILES string of the molecule is CCn1[nH]c(=O)c2ccc(Nc3ncc(-c4nnc(-c5cccnc5)o4)c(N[C@H](CO)c4ccccc4)n3)nc21. The summed E-state index contributed by atoms with van der Waals surface area (Å²) in [7, 11) is 0. The number of aliphatic hydroxyl groups excluding tert-OH is 1. The predicted octanol–water partition coefficient (Wildman–Crippen LogP) is 3.54. The fraction of sp³-hybridized carbons (Fsp3) is 0.148. The molecule has 1 aromatic carbocycles. The molecule has 5 heterocycles. The van der Waals surface area contributed by atoms with Crippen molar-refractivity contribution < 1.29 is 9.52 Å². The van der Waals surface area contributed by atoms with Gasteiger partial charge in [-0.15, -0.1) is 10.2 Å². The zero-order chi connectivity index (χ0) is 27.5. The molecule has 0 saturated carbocycles. The largest absolute Gasteiger partial charge is 0.416 e. The lowest BCUT2D eigenvalue weighted by Crippen LogP contribution is -2.17. The Morgan fingerprint density at radius 1 is 1.02 bits per heavy atom. The van der Waals surface area contributed by atoms with Crippen LogP contribution in [0.25, 0.3) is 33.9 Å². The topological polar surface area (TPSA) is 173 Å². The van der Waals surface area contributed by atoms with Gasteiger partial charge < -0.3 is 20.2 Å². The van der Waals surface area contributed by atoms with Gasteiger partial charge in [0.25, 0.3) is 11.4 Å². The summed E-state index contributed by atoms with van der Waals surface area (Å²) in [5, 5.41) is 28.2. The van der Waals surface area contributed by atoms with E-state index in [1.54, 1.807) is 41.5 Å². The number of aliphatic hydroxyl groups is 1. The van der Waals surface area contributed by atoms with Crippen molar-refractivity contribution in [3.05, 3.63) is 89.1 Å². The molecular weight excluding hydrogens is 512 g/mol. The molecule has 6 aromatic rings. The van der Waals surface area contributed by atoms with Gasteiger partial charge in [-0.1, -0.05) is 30.3 Å². The molecule has 0 unspecified atom stereocenters. The Morgan fingerprint density at radius 2 is 1.88 bits per heavy atom. The van der Waals surface area contributed by atoms with Gasteiger partial charge in [0, 0.05) is 25.1 Å². The van der Waals surface area contributed by atoms with Crippen LogP contribution in [0, 0.1) is 0 Å². The Hall–Kier alpha value is -5.43. The van der Waals surface area contributed by atoms with Crippen LogP contribution in [-0.4, -0.2) is 51.6 Å². The standard InChI is InChI=1S/C27H24N10O3/c1-2-37-23-18(24(39)36-37)10-11-21(31-23)32-27-29-14-19(26-35-34-25(40-26)17-9-6-12-28-13-17)22(33-27)30-20(15-38)16-7-4-3-5-8-16/h3-14,20,38H,2,15H2,1H3,(H,36,39)(H2,29,30,31,32,33)/t20-/m1/s1. The molecule has 0 aliphatic rings. The number of pyridine rings is 2. The van der Waals surface area contributed by atoms with Crippen molar-refractivity contribution in [2.75, 3.05) is 17.2 Å². The Morgan fingerprint density at radius 3 is 2.65 bits per heavy atom. The lowest BCUT2D eigenvalue weighted by molar-refractivity contribution is 0.276. The molecule has 200 valence electrons. The maximum atomic E-state index is 12.2. The first-order chi connectivity index (χ1) is 19.6. The lowest BCUT2D eigenvalue weighted by Gasteiger charge is -2.19. The zero-order valence-corrected chi connectivity index (χ0v) is 21.3. The van der Waals surface area contributed by atoms with E-state index in [0.29, 0.717) is 46.2 Å². The second kappa shape index (κ2) is 10.7. The molecule has 1 atom stereocenters. The molecule has 4 N–H and O–H groups in total. The fourth-order valence-electron chi connectivity index (χ4n) is 4.21. The normalized spacial score (nSPS) is 11.9. The molecule has 40 heavy (non-hydrogen) atoms. The zero-order valence-electron chi connectivity index (χ0n) is 21.3. The molecule has 0 fully saturated rings. The number of aromatic amines is 1. The summed E-state index contributed by atoms with van der Waals surface area (Å²) in [6.45, 7) is 2.28. The van der Waals surface area contributed by atoms with Crippen LogP contribution in [0.1, 0.15) is 18.5 Å². The van der Waals surface area contributed by atoms with Crippen LogP contribution < -0.4 is 16.2 Å². The van der Waals surface area contributed by atoms with Crippen LogP contribution in [0.3, 0.4) is 0 Å². The number of H-pyrrole nitrogens is 1. The summed E-state index contributed by atoms with van der Waals surface area (Å²) >= 11 is 0. The highest BCUT2D eigenvalue weighted by atomic mass is 16.4. The van der Waals surface area contributed by atoms with E-state index in [-0.39, 0.29) is 24.0 Å². The van der Waals surface area contributed by atoms with Crippen LogP contribution in [0.5, 0.6) is 0 Å². The van der Waals surface area contributed by atoms with Crippen LogP contribution in [0.4, 0.5) is 17.6 Å². The quantitative estimate of drug-likeness (QED) is 0.213. The van der Waals surface area contributed by atoms with Gasteiger partial charge in [-0.3, -0.25) is 19.6 Å². The maximum Gasteiger partial charge on any atom is 0.273 e. The summed E-state index contributed by atoms with van der Waals surface area (Å²) in [5.41, 5.74) is 2.29. The maximum absolute atomic E-state index is 12.2. The highest BCUT2D eigenvalue weighted by molar-refractivity contribution is 5.77. The third-order valence-electron chi connectivity index (χ3n) is 6.22. The number of aryl methyl sites for hydroxylation is 1. The van der Waals surface area contributed by atoms with E-state index >= 15 is 0 Å². The van der Waals surface area contributed by atoms with Gasteiger partial charge in [0.2, 0.25) is 11.8 Å². The number of rotatable bonds is 9. The second-order valence-corrected chi connectivity index (χ2v) is 8.78. The molecule has 0 saturated heterocycles. The van der Waals surface area contributed by atoms with Gasteiger partial charge in [0.1, 0.15) is 11.6 Å². The lowest BCUT2D eigenvalue weighted by atomic mass is 10.1. The van der Waals surface area contributed by atoms with E-state index in [0.717, 1.165) is 5.56 Å². The first-order valence-corrected chi connectivity index (χ1v) is 12.5. The average Bonchev–Trinajstić information content (AvgIpc) is 3.61. The number of benzene rings is 1. The molecule has 13 heteroatoms. The van der Waals surface area contributed by atoms with Crippen molar-refractivity contribution in [2.45, 2.75) is 19.5 Å². The van der Waals surface area contributed by atoms with E-state index in [1.165, 1.54) is 0 Å². The average molecular weight is 537 g/mol. The number of fused-ring (bicyclic) bond motifs is 1. The predicted molar refractivity (Wildman–Crippen MR) is 148 cm³/mol. The monoisotopic (exact) mass is 536 g/mol. The number of hydrogen-bond acceptors (Lipinski definition) is 11. The summed E-state index contributed by atoms with van der Waals surface area (Å²) in [5.74, 6) is 1.53. The summed E-state index contributed by atoms with van der Waals surface area (Å²) < 4.78 is 7.61. The second-order valence-electron chi connectivity index (χ2n) is 8.78. The van der Waals surface area contributed by atoms with Crippen LogP contribution in [0.2, 0.25) is 0 Å². The van der Waals surface area contributed by atoms with Crippen LogP contribution in [0.15, 0.2) is 82.4 Å². The summed E-state index contributed by atoms with van der Waals surface area (Å²) in [6.07, 6.45) is 4.84. The smallest absolute Gasteiger partial charge is 0.273 e. The van der Waals surface area contributed by atoms with Crippen molar-refractivity contribution in [1.82, 2.24) is 39.9 Å². The van der Waals surface area contributed by atoms with Gasteiger partial charge in [-0.25, -0.2) is 9.97 Å². The molecular formula is C27H24N10O3. The van der Waals surface area contributed by atoms with Crippen LogP contribution >= 0.6 is 0 Å². The van der Waals surface area contributed by atoms with Gasteiger partial charge in [0.05, 0.1) is 29.2 Å². The van der Waals surface area contributed by atoms with Crippen molar-refractivity contribution in [1.29, 1.82) is 0 Å². The van der Waals surface area contributed by atoms with Gasteiger partial charge in [-0.05, 0) is 36.8 Å². The minimum atomic E-state index is -0.475. The highest BCUT2D eigenvalue weighted by Crippen LogP contribution is 2.31. The van der Waals surface area contributed by atoms with Gasteiger partial charge in [0.15, 0.2) is 5.65 Å². The fourth-order valence-corrected chi connectivity index (χ4v) is 4.21. The first kappa shape index (κ1) is 24.9. The summed E-state index contributed by atoms with van der Waals surface area (Å²) in [4.78, 5) is 30.0. The number of aromatic nitrogens is 8. The van der Waals surface area contributed by atoms with E-state index in [1.807, 2.05) is 43.3 Å². The van der Waals surface area contributed by atoms with E-state index < -0.39 is 6.04 Å². The number of nitrogens with one attached hydrogen (secondary N) is 3. The Kier molecular flexibility index (Phi) is 6.68. The van der Waals surface area contributed by atoms with Crippen LogP contribution in [-0.2, 0) is 6.54 Å². The molecule has 5 aromatic heterocycles. The Balaban J connectivity index is 1.38. The molecule has 0 radical (unpaired) electrons. The Labute approximate surface area is 227 Å². The van der Waals surface area contributed by atoms with Crippen molar-refractivity contribution >= 4 is 28.6 Å². The third-order valence-corrected chi connectivity index (χ3v) is 6.22. The molecule has 0 bridgehead atoms. The van der Waals surface area contributed by atoms with E-state index in [9.17, 15) is 9.90 Å². The third kappa shape index (κ3) is 4.88. The van der Waals surface area contributed by atoms with Gasteiger partial charge in [-0.2, -0.15) is 4.98 Å². The molecule has 0 aliphatic heterocycles. The minimum absolute atomic E-state index is 0.191. The molecule has 6 rings (SSSR count). The molecule has 0 spiro atoms. The number of anilines is 3. The number of nitrogens with zero attached hydrogens (tertiary/aromatic N) is 7. The van der Waals surface area contributed by atoms with Crippen molar-refractivity contribution in [2.24, 2.45) is 0 Å². The Bertz CT molecular complexity index is 1820. The van der Waals surface area contributed by atoms with Crippen molar-refractivity contribution in [3.8, 4) is 22.9 Å². The van der Waals surface area contributed by atoms with Gasteiger partial charge >= 0.3 is 0 Å². The molecule has 13 nitrogen and oxygen atoms in total. The number of hydrogen-bond donors (Lipinski definition) is 4. The van der Waals surface area contributed by atoms with E-state index in [4.69, 9.17) is 4.42 Å². The minimum Gasteiger partial charge on any atom is -0.416 e. The van der Waals surface area contributed by atoms with Crippen molar-refractivity contribution in [3.63, 3.8) is 0 Å². The van der Waals surface area contributed by atoms with E-state index in [2.05, 4.69) is 45.9 Å². The molecule has 0 aliphatic carbocycles. The highest BCUT2D eigenvalue weighted by Gasteiger charge is 2.20.